The maximum Gasteiger partial charge on any atom is 0.230 e. The first-order valence-electron chi connectivity index (χ1n) is 8.27. The number of nitrogens with one attached hydrogen (secondary N) is 1. The van der Waals surface area contributed by atoms with Crippen molar-refractivity contribution >= 4 is 29.3 Å². The van der Waals surface area contributed by atoms with Gasteiger partial charge in [-0.1, -0.05) is 35.5 Å². The first kappa shape index (κ1) is 19.3. The Morgan fingerprint density at radius 2 is 2.15 bits per heavy atom. The summed E-state index contributed by atoms with van der Waals surface area (Å²) in [7, 11) is 1.84. The summed E-state index contributed by atoms with van der Waals surface area (Å²) in [5.41, 5.74) is 0. The number of hydrogen-bond acceptors (Lipinski definition) is 6. The highest BCUT2D eigenvalue weighted by molar-refractivity contribution is 7.99. The third kappa shape index (κ3) is 5.05. The van der Waals surface area contributed by atoms with Gasteiger partial charge in [-0.15, -0.1) is 10.2 Å². The van der Waals surface area contributed by atoms with E-state index in [0.717, 1.165) is 0 Å². The highest BCUT2D eigenvalue weighted by Gasteiger charge is 2.18. The molecule has 0 bridgehead atoms. The largest absolute Gasteiger partial charge is 0.481 e. The van der Waals surface area contributed by atoms with Crippen molar-refractivity contribution in [3.63, 3.8) is 0 Å². The summed E-state index contributed by atoms with van der Waals surface area (Å²) in [6, 6.07) is 10.9. The lowest BCUT2D eigenvalue weighted by atomic mass is 10.3. The molecule has 2 aromatic heterocycles. The van der Waals surface area contributed by atoms with Crippen molar-refractivity contribution in [2.45, 2.75) is 24.7 Å². The van der Waals surface area contributed by atoms with E-state index in [1.165, 1.54) is 11.8 Å². The van der Waals surface area contributed by atoms with Crippen LogP contribution in [0.5, 0.6) is 5.75 Å². The summed E-state index contributed by atoms with van der Waals surface area (Å²) in [4.78, 5) is 12.0. The Labute approximate surface area is 166 Å². The molecule has 0 aliphatic heterocycles. The topological polar surface area (TPSA) is 82.2 Å². The highest BCUT2D eigenvalue weighted by atomic mass is 35.5. The van der Waals surface area contributed by atoms with Crippen LogP contribution in [0.3, 0.4) is 0 Å². The van der Waals surface area contributed by atoms with Crippen LogP contribution in [0.2, 0.25) is 5.02 Å². The molecule has 0 spiro atoms. The van der Waals surface area contributed by atoms with Gasteiger partial charge in [0.05, 0.1) is 23.6 Å². The summed E-state index contributed by atoms with van der Waals surface area (Å²) in [5.74, 6) is 2.06. The minimum absolute atomic E-state index is 0.110. The summed E-state index contributed by atoms with van der Waals surface area (Å²) in [6.45, 7) is 2.23. The van der Waals surface area contributed by atoms with E-state index in [9.17, 15) is 4.79 Å². The van der Waals surface area contributed by atoms with Gasteiger partial charge in [0, 0.05) is 7.05 Å². The minimum Gasteiger partial charge on any atom is -0.481 e. The minimum atomic E-state index is -0.343. The Hall–Kier alpha value is -2.45. The van der Waals surface area contributed by atoms with Crippen LogP contribution < -0.4 is 10.1 Å². The zero-order chi connectivity index (χ0) is 19.2. The molecule has 1 unspecified atom stereocenters. The van der Waals surface area contributed by atoms with Crippen molar-refractivity contribution in [3.8, 4) is 5.75 Å². The van der Waals surface area contributed by atoms with Gasteiger partial charge < -0.3 is 19.0 Å². The summed E-state index contributed by atoms with van der Waals surface area (Å²) >= 11 is 7.43. The van der Waals surface area contributed by atoms with Gasteiger partial charge in [0.2, 0.25) is 5.91 Å². The molecule has 3 rings (SSSR count). The fourth-order valence-corrected chi connectivity index (χ4v) is 3.30. The van der Waals surface area contributed by atoms with Crippen LogP contribution in [0.25, 0.3) is 0 Å². The number of carbonyl (C=O) groups is 1. The standard InChI is InChI=1S/C18H19ClN4O3S/c1-12(26-15-8-4-3-7-14(15)19)17-21-22-18(23(17)2)27-11-16(24)20-10-13-6-5-9-25-13/h3-9,12H,10-11H2,1-2H3,(H,20,24). The molecule has 7 nitrogen and oxygen atoms in total. The molecule has 1 aromatic carbocycles. The SMILES string of the molecule is CC(Oc1ccccc1Cl)c1nnc(SCC(=O)NCc2ccco2)n1C. The quantitative estimate of drug-likeness (QED) is 0.575. The van der Waals surface area contributed by atoms with Gasteiger partial charge in [0.15, 0.2) is 17.1 Å². The first-order chi connectivity index (χ1) is 13.0. The Morgan fingerprint density at radius 1 is 1.33 bits per heavy atom. The highest BCUT2D eigenvalue weighted by Crippen LogP contribution is 2.28. The smallest absolute Gasteiger partial charge is 0.230 e. The summed E-state index contributed by atoms with van der Waals surface area (Å²) in [6.07, 6.45) is 1.23. The lowest BCUT2D eigenvalue weighted by Crippen LogP contribution is -2.24. The molecule has 0 fully saturated rings. The van der Waals surface area contributed by atoms with Crippen molar-refractivity contribution in [2.75, 3.05) is 5.75 Å². The van der Waals surface area contributed by atoms with E-state index in [0.29, 0.717) is 34.1 Å². The molecule has 1 N–H and O–H groups in total. The lowest BCUT2D eigenvalue weighted by molar-refractivity contribution is -0.118. The van der Waals surface area contributed by atoms with Gasteiger partial charge in [-0.2, -0.15) is 0 Å². The van der Waals surface area contributed by atoms with Gasteiger partial charge in [-0.25, -0.2) is 0 Å². The Morgan fingerprint density at radius 3 is 2.89 bits per heavy atom. The Balaban J connectivity index is 1.54. The van der Waals surface area contributed by atoms with E-state index >= 15 is 0 Å². The predicted octanol–water partition coefficient (Wildman–Crippen LogP) is 3.61. The van der Waals surface area contributed by atoms with Gasteiger partial charge in [0.1, 0.15) is 11.5 Å². The zero-order valence-electron chi connectivity index (χ0n) is 14.9. The maximum atomic E-state index is 12.0. The number of rotatable bonds is 8. The van der Waals surface area contributed by atoms with Crippen molar-refractivity contribution in [3.05, 3.63) is 59.3 Å². The van der Waals surface area contributed by atoms with E-state index in [1.807, 2.05) is 36.7 Å². The van der Waals surface area contributed by atoms with Crippen LogP contribution in [-0.2, 0) is 18.4 Å². The molecular formula is C18H19ClN4O3S. The number of benzene rings is 1. The van der Waals surface area contributed by atoms with Crippen molar-refractivity contribution in [1.29, 1.82) is 0 Å². The number of ether oxygens (including phenoxy) is 1. The lowest BCUT2D eigenvalue weighted by Gasteiger charge is -2.15. The average molecular weight is 407 g/mol. The van der Waals surface area contributed by atoms with E-state index < -0.39 is 0 Å². The number of nitrogens with zero attached hydrogens (tertiary/aromatic N) is 3. The van der Waals surface area contributed by atoms with Crippen LogP contribution in [0.1, 0.15) is 24.6 Å². The molecule has 9 heteroatoms. The zero-order valence-corrected chi connectivity index (χ0v) is 16.5. The molecule has 142 valence electrons. The van der Waals surface area contributed by atoms with Crippen molar-refractivity contribution in [1.82, 2.24) is 20.1 Å². The normalized spacial score (nSPS) is 12.0. The van der Waals surface area contributed by atoms with Gasteiger partial charge >= 0.3 is 0 Å². The number of thioether (sulfide) groups is 1. The van der Waals surface area contributed by atoms with Crippen LogP contribution >= 0.6 is 23.4 Å². The van der Waals surface area contributed by atoms with E-state index in [-0.39, 0.29) is 17.8 Å². The molecule has 0 saturated carbocycles. The molecule has 1 atom stereocenters. The third-order valence-corrected chi connectivity index (χ3v) is 5.08. The number of para-hydroxylation sites is 1. The molecule has 2 heterocycles. The average Bonchev–Trinajstić information content (AvgIpc) is 3.30. The van der Waals surface area contributed by atoms with Crippen molar-refractivity contribution < 1.29 is 13.9 Å². The number of aromatic nitrogens is 3. The predicted molar refractivity (Wildman–Crippen MR) is 103 cm³/mol. The molecular weight excluding hydrogens is 388 g/mol. The molecule has 0 radical (unpaired) electrons. The van der Waals surface area contributed by atoms with Gasteiger partial charge in [-0.05, 0) is 31.2 Å². The Bertz CT molecular complexity index is 898. The van der Waals surface area contributed by atoms with Crippen molar-refractivity contribution in [2.24, 2.45) is 7.05 Å². The number of carbonyl (C=O) groups excluding carboxylic acids is 1. The monoisotopic (exact) mass is 406 g/mol. The number of amides is 1. The molecule has 1 amide bonds. The van der Waals surface area contributed by atoms with E-state index in [2.05, 4.69) is 15.5 Å². The molecule has 0 saturated heterocycles. The van der Waals surface area contributed by atoms with E-state index in [4.69, 9.17) is 20.8 Å². The summed E-state index contributed by atoms with van der Waals surface area (Å²) in [5, 5.41) is 12.3. The number of hydrogen-bond donors (Lipinski definition) is 1. The molecule has 0 aliphatic rings. The third-order valence-electron chi connectivity index (χ3n) is 3.74. The van der Waals surface area contributed by atoms with Crippen LogP contribution in [0.15, 0.2) is 52.2 Å². The summed E-state index contributed by atoms with van der Waals surface area (Å²) < 4.78 is 12.9. The van der Waals surface area contributed by atoms with Crippen LogP contribution in [0.4, 0.5) is 0 Å². The fraction of sp³-hybridized carbons (Fsp3) is 0.278. The Kier molecular flexibility index (Phi) is 6.41. The van der Waals surface area contributed by atoms with Crippen LogP contribution in [-0.4, -0.2) is 26.4 Å². The number of halogens is 1. The maximum absolute atomic E-state index is 12.0. The second kappa shape index (κ2) is 8.96. The van der Waals surface area contributed by atoms with Crippen LogP contribution in [0, 0.1) is 0 Å². The second-order valence-electron chi connectivity index (χ2n) is 5.74. The van der Waals surface area contributed by atoms with Gasteiger partial charge in [-0.3, -0.25) is 4.79 Å². The van der Waals surface area contributed by atoms with Gasteiger partial charge in [0.25, 0.3) is 0 Å². The number of furan rings is 1. The van der Waals surface area contributed by atoms with E-state index in [1.54, 1.807) is 24.5 Å². The fourth-order valence-electron chi connectivity index (χ4n) is 2.37. The molecule has 3 aromatic rings. The molecule has 27 heavy (non-hydrogen) atoms. The molecule has 0 aliphatic carbocycles. The first-order valence-corrected chi connectivity index (χ1v) is 9.63. The second-order valence-corrected chi connectivity index (χ2v) is 7.08.